The highest BCUT2D eigenvalue weighted by Gasteiger charge is 2.33. The lowest BCUT2D eigenvalue weighted by Gasteiger charge is -2.14. The maximum atomic E-state index is 12.2. The smallest absolute Gasteiger partial charge is 0.276 e. The van der Waals surface area contributed by atoms with Crippen LogP contribution in [0.15, 0.2) is 21.6 Å². The third-order valence-electron chi connectivity index (χ3n) is 3.19. The van der Waals surface area contributed by atoms with Gasteiger partial charge in [0.05, 0.1) is 5.88 Å². The van der Waals surface area contributed by atoms with E-state index >= 15 is 0 Å². The van der Waals surface area contributed by atoms with Crippen molar-refractivity contribution in [3.63, 3.8) is 0 Å². The molecular weight excluding hydrogens is 262 g/mol. The van der Waals surface area contributed by atoms with E-state index in [-0.39, 0.29) is 11.0 Å². The van der Waals surface area contributed by atoms with E-state index in [1.165, 1.54) is 10.4 Å². The van der Waals surface area contributed by atoms with E-state index in [4.69, 9.17) is 16.0 Å². The van der Waals surface area contributed by atoms with Crippen LogP contribution >= 0.6 is 11.6 Å². The lowest BCUT2D eigenvalue weighted by Crippen LogP contribution is -2.28. The van der Waals surface area contributed by atoms with Crippen LogP contribution in [-0.4, -0.2) is 25.8 Å². The van der Waals surface area contributed by atoms with Gasteiger partial charge in [0.1, 0.15) is 5.76 Å². The number of hydrogen-bond acceptors (Lipinski definition) is 3. The summed E-state index contributed by atoms with van der Waals surface area (Å²) in [5.74, 6) is 1.14. The molecule has 0 aliphatic carbocycles. The molecule has 0 bridgehead atoms. The number of hydrogen-bond donors (Lipinski definition) is 0. The zero-order chi connectivity index (χ0) is 12.5. The van der Waals surface area contributed by atoms with Crippen LogP contribution in [0, 0.1) is 5.92 Å². The molecule has 1 aromatic heterocycles. The van der Waals surface area contributed by atoms with E-state index < -0.39 is 10.0 Å². The minimum absolute atomic E-state index is 0.00454. The van der Waals surface area contributed by atoms with Crippen molar-refractivity contribution in [2.45, 2.75) is 30.7 Å². The Hall–Kier alpha value is -0.520. The molecule has 1 fully saturated rings. The van der Waals surface area contributed by atoms with E-state index in [1.807, 2.05) is 0 Å². The molecule has 6 heteroatoms. The average molecular weight is 278 g/mol. The van der Waals surface area contributed by atoms with E-state index in [2.05, 4.69) is 6.92 Å². The second kappa shape index (κ2) is 5.00. The van der Waals surface area contributed by atoms with Gasteiger partial charge < -0.3 is 4.42 Å². The molecule has 1 atom stereocenters. The summed E-state index contributed by atoms with van der Waals surface area (Å²) in [5, 5.41) is 0.00454. The summed E-state index contributed by atoms with van der Waals surface area (Å²) in [6.45, 7) is 3.26. The molecule has 1 aliphatic rings. The molecule has 17 heavy (non-hydrogen) atoms. The van der Waals surface area contributed by atoms with Crippen molar-refractivity contribution in [2.75, 3.05) is 13.1 Å². The monoisotopic (exact) mass is 277 g/mol. The predicted molar refractivity (Wildman–Crippen MR) is 65.4 cm³/mol. The Labute approximate surface area is 107 Å². The topological polar surface area (TPSA) is 50.5 Å². The van der Waals surface area contributed by atoms with Crippen LogP contribution in [0.4, 0.5) is 0 Å². The van der Waals surface area contributed by atoms with Crippen LogP contribution < -0.4 is 0 Å². The average Bonchev–Trinajstić information content (AvgIpc) is 2.98. The molecule has 0 saturated carbocycles. The van der Waals surface area contributed by atoms with Crippen LogP contribution in [0.2, 0.25) is 0 Å². The van der Waals surface area contributed by atoms with Crippen molar-refractivity contribution in [3.8, 4) is 0 Å². The maximum absolute atomic E-state index is 12.2. The first-order chi connectivity index (χ1) is 8.07. The molecule has 1 saturated heterocycles. The Morgan fingerprint density at radius 1 is 1.53 bits per heavy atom. The molecule has 0 radical (unpaired) electrons. The normalized spacial score (nSPS) is 22.1. The summed E-state index contributed by atoms with van der Waals surface area (Å²) < 4.78 is 31.1. The molecule has 0 spiro atoms. The molecule has 4 nitrogen and oxygen atoms in total. The van der Waals surface area contributed by atoms with Crippen LogP contribution in [0.3, 0.4) is 0 Å². The number of nitrogens with zero attached hydrogens (tertiary/aromatic N) is 1. The van der Waals surface area contributed by atoms with Crippen LogP contribution in [0.25, 0.3) is 0 Å². The first-order valence-corrected chi connectivity index (χ1v) is 7.70. The zero-order valence-electron chi connectivity index (χ0n) is 9.73. The van der Waals surface area contributed by atoms with Crippen molar-refractivity contribution in [1.29, 1.82) is 0 Å². The fraction of sp³-hybridized carbons (Fsp3) is 0.636. The second-order valence-electron chi connectivity index (χ2n) is 4.28. The minimum atomic E-state index is -3.46. The van der Waals surface area contributed by atoms with E-state index in [9.17, 15) is 8.42 Å². The summed E-state index contributed by atoms with van der Waals surface area (Å²) >= 11 is 5.59. The van der Waals surface area contributed by atoms with Gasteiger partial charge in [-0.05, 0) is 24.5 Å². The van der Waals surface area contributed by atoms with Gasteiger partial charge in [-0.2, -0.15) is 4.31 Å². The summed E-state index contributed by atoms with van der Waals surface area (Å²) in [4.78, 5) is 0. The molecule has 0 N–H and O–H groups in total. The van der Waals surface area contributed by atoms with Crippen molar-refractivity contribution in [1.82, 2.24) is 4.31 Å². The first kappa shape index (κ1) is 12.9. The fourth-order valence-electron chi connectivity index (χ4n) is 2.04. The largest absolute Gasteiger partial charge is 0.447 e. The Morgan fingerprint density at radius 2 is 2.29 bits per heavy atom. The van der Waals surface area contributed by atoms with Crippen LogP contribution in [0.5, 0.6) is 0 Å². The molecular formula is C11H16ClNO3S. The molecule has 2 rings (SSSR count). The van der Waals surface area contributed by atoms with Gasteiger partial charge in [0, 0.05) is 13.1 Å². The minimum Gasteiger partial charge on any atom is -0.447 e. The van der Waals surface area contributed by atoms with E-state index in [1.54, 1.807) is 6.07 Å². The number of halogens is 1. The molecule has 1 aliphatic heterocycles. The Kier molecular flexibility index (Phi) is 3.80. The van der Waals surface area contributed by atoms with Gasteiger partial charge in [-0.1, -0.05) is 13.3 Å². The van der Waals surface area contributed by atoms with Crippen molar-refractivity contribution in [2.24, 2.45) is 5.92 Å². The third-order valence-corrected chi connectivity index (χ3v) is 5.19. The van der Waals surface area contributed by atoms with Gasteiger partial charge in [-0.3, -0.25) is 0 Å². The van der Waals surface area contributed by atoms with Gasteiger partial charge in [-0.15, -0.1) is 11.6 Å². The van der Waals surface area contributed by atoms with Crippen molar-refractivity contribution >= 4 is 21.6 Å². The highest BCUT2D eigenvalue weighted by molar-refractivity contribution is 7.89. The first-order valence-electron chi connectivity index (χ1n) is 5.72. The van der Waals surface area contributed by atoms with Gasteiger partial charge >= 0.3 is 0 Å². The quantitative estimate of drug-likeness (QED) is 0.794. The second-order valence-corrected chi connectivity index (χ2v) is 6.42. The highest BCUT2D eigenvalue weighted by atomic mass is 35.5. The predicted octanol–water partition coefficient (Wildman–Crippen LogP) is 2.44. The Balaban J connectivity index is 2.19. The van der Waals surface area contributed by atoms with E-state index in [0.29, 0.717) is 24.8 Å². The molecule has 1 unspecified atom stereocenters. The van der Waals surface area contributed by atoms with Gasteiger partial charge in [-0.25, -0.2) is 8.42 Å². The fourth-order valence-corrected chi connectivity index (χ4v) is 3.65. The van der Waals surface area contributed by atoms with Crippen molar-refractivity contribution < 1.29 is 12.8 Å². The Morgan fingerprint density at radius 3 is 2.82 bits per heavy atom. The molecule has 96 valence electrons. The molecule has 0 aromatic carbocycles. The Bertz CT molecular complexity index is 483. The van der Waals surface area contributed by atoms with Gasteiger partial charge in [0.25, 0.3) is 10.0 Å². The maximum Gasteiger partial charge on any atom is 0.276 e. The third kappa shape index (κ3) is 2.51. The summed E-state index contributed by atoms with van der Waals surface area (Å²) in [6, 6.07) is 3.08. The van der Waals surface area contributed by atoms with Crippen molar-refractivity contribution in [3.05, 3.63) is 17.9 Å². The summed E-state index contributed by atoms with van der Waals surface area (Å²) in [5.41, 5.74) is 0. The lowest BCUT2D eigenvalue weighted by atomic mass is 10.1. The SMILES string of the molecule is CCC1CCN(S(=O)(=O)c2ccc(CCl)o2)C1. The highest BCUT2D eigenvalue weighted by Crippen LogP contribution is 2.27. The number of furan rings is 1. The number of sulfonamides is 1. The standard InChI is InChI=1S/C11H16ClNO3S/c1-2-9-5-6-13(8-9)17(14,15)11-4-3-10(7-12)16-11/h3-4,9H,2,5-8H2,1H3. The molecule has 0 amide bonds. The summed E-state index contributed by atoms with van der Waals surface area (Å²) in [6.07, 6.45) is 1.94. The molecule has 1 aromatic rings. The molecule has 2 heterocycles. The zero-order valence-corrected chi connectivity index (χ0v) is 11.3. The van der Waals surface area contributed by atoms with Crippen LogP contribution in [0.1, 0.15) is 25.5 Å². The number of rotatable bonds is 4. The van der Waals surface area contributed by atoms with E-state index in [0.717, 1.165) is 12.8 Å². The number of alkyl halides is 1. The van der Waals surface area contributed by atoms with Gasteiger partial charge in [0.2, 0.25) is 5.09 Å². The summed E-state index contributed by atoms with van der Waals surface area (Å²) in [7, 11) is -3.46. The lowest BCUT2D eigenvalue weighted by molar-refractivity contribution is 0.391. The van der Waals surface area contributed by atoms with Gasteiger partial charge in [0.15, 0.2) is 0 Å². The van der Waals surface area contributed by atoms with Crippen LogP contribution in [-0.2, 0) is 15.9 Å².